The third kappa shape index (κ3) is 3.46. The number of amides is 1. The Labute approximate surface area is 145 Å². The first-order valence-electron chi connectivity index (χ1n) is 9.40. The molecular formula is C19H33NO4. The molecule has 2 fully saturated rings. The molecule has 2 aliphatic rings. The highest BCUT2D eigenvalue weighted by atomic mass is 16.5. The lowest BCUT2D eigenvalue weighted by atomic mass is 9.54. The molecule has 2 rings (SSSR count). The fourth-order valence-corrected chi connectivity index (χ4v) is 4.49. The van der Waals surface area contributed by atoms with Crippen LogP contribution in [0, 0.1) is 17.3 Å². The average molecular weight is 339 g/mol. The van der Waals surface area contributed by atoms with E-state index in [1.807, 2.05) is 20.8 Å². The van der Waals surface area contributed by atoms with Gasteiger partial charge in [0.15, 0.2) is 0 Å². The summed E-state index contributed by atoms with van der Waals surface area (Å²) in [6.07, 6.45) is 6.80. The number of carboxylic acids is 1. The number of aliphatic carboxylic acids is 1. The van der Waals surface area contributed by atoms with Crippen molar-refractivity contribution in [2.75, 3.05) is 6.61 Å². The fourth-order valence-electron chi connectivity index (χ4n) is 4.49. The Balaban J connectivity index is 1.98. The van der Waals surface area contributed by atoms with Crippen molar-refractivity contribution in [3.8, 4) is 0 Å². The van der Waals surface area contributed by atoms with E-state index in [4.69, 9.17) is 4.74 Å². The van der Waals surface area contributed by atoms with Gasteiger partial charge < -0.3 is 15.2 Å². The number of ether oxygens (including phenoxy) is 1. The summed E-state index contributed by atoms with van der Waals surface area (Å²) >= 11 is 0. The zero-order valence-corrected chi connectivity index (χ0v) is 15.6. The van der Waals surface area contributed by atoms with Gasteiger partial charge in [0.05, 0.1) is 6.10 Å². The van der Waals surface area contributed by atoms with Crippen molar-refractivity contribution in [2.24, 2.45) is 17.3 Å². The van der Waals surface area contributed by atoms with E-state index in [-0.39, 0.29) is 12.0 Å². The maximum absolute atomic E-state index is 12.5. The highest BCUT2D eigenvalue weighted by molar-refractivity contribution is 5.89. The number of hydrogen-bond acceptors (Lipinski definition) is 3. The lowest BCUT2D eigenvalue weighted by Gasteiger charge is -2.58. The van der Waals surface area contributed by atoms with Crippen LogP contribution < -0.4 is 5.32 Å². The third-order valence-corrected chi connectivity index (χ3v) is 6.44. The van der Waals surface area contributed by atoms with Crippen LogP contribution in [0.5, 0.6) is 0 Å². The Hall–Kier alpha value is -1.10. The minimum Gasteiger partial charge on any atom is -0.479 e. The van der Waals surface area contributed by atoms with Gasteiger partial charge in [-0.15, -0.1) is 0 Å². The topological polar surface area (TPSA) is 75.6 Å². The van der Waals surface area contributed by atoms with Crippen LogP contribution in [0.2, 0.25) is 0 Å². The summed E-state index contributed by atoms with van der Waals surface area (Å²) < 4.78 is 5.64. The second-order valence-electron chi connectivity index (χ2n) is 8.21. The zero-order chi connectivity index (χ0) is 18.0. The third-order valence-electron chi connectivity index (χ3n) is 6.44. The van der Waals surface area contributed by atoms with Crippen LogP contribution in [-0.4, -0.2) is 35.2 Å². The molecule has 3 atom stereocenters. The lowest BCUT2D eigenvalue weighted by Crippen LogP contribution is -2.76. The standard InChI is InChI=1S/C19H33NO4/c1-5-24-15-12-19(17(22)23,18(15,3)4)20-16(21)11-13(2)14-9-7-6-8-10-14/h13-15H,5-12H2,1-4H3,(H,20,21)(H,22,23). The molecule has 2 N–H and O–H groups in total. The predicted octanol–water partition coefficient (Wildman–Crippen LogP) is 3.37. The number of carbonyl (C=O) groups is 2. The molecule has 1 amide bonds. The van der Waals surface area contributed by atoms with Crippen LogP contribution in [0.25, 0.3) is 0 Å². The maximum Gasteiger partial charge on any atom is 0.330 e. The van der Waals surface area contributed by atoms with Crippen molar-refractivity contribution in [3.05, 3.63) is 0 Å². The SMILES string of the molecule is CCOC1CC(NC(=O)CC(C)C2CCCCC2)(C(=O)O)C1(C)C. The maximum atomic E-state index is 12.5. The number of carboxylic acid groups (broad SMARTS) is 1. The quantitative estimate of drug-likeness (QED) is 0.746. The Morgan fingerprint density at radius 2 is 1.88 bits per heavy atom. The Bertz CT molecular complexity index is 470. The van der Waals surface area contributed by atoms with E-state index in [1.165, 1.54) is 32.1 Å². The van der Waals surface area contributed by atoms with Gasteiger partial charge in [-0.05, 0) is 18.8 Å². The van der Waals surface area contributed by atoms with Crippen molar-refractivity contribution in [3.63, 3.8) is 0 Å². The molecule has 0 heterocycles. The Morgan fingerprint density at radius 1 is 1.25 bits per heavy atom. The highest BCUT2D eigenvalue weighted by Crippen LogP contribution is 2.51. The molecule has 0 aliphatic heterocycles. The number of hydrogen-bond donors (Lipinski definition) is 2. The van der Waals surface area contributed by atoms with Crippen molar-refractivity contribution in [2.45, 2.75) is 84.3 Å². The van der Waals surface area contributed by atoms with Crippen LogP contribution in [-0.2, 0) is 14.3 Å². The first kappa shape index (κ1) is 19.2. The Morgan fingerprint density at radius 3 is 2.38 bits per heavy atom. The molecule has 5 heteroatoms. The summed E-state index contributed by atoms with van der Waals surface area (Å²) in [5.41, 5.74) is -1.82. The molecule has 5 nitrogen and oxygen atoms in total. The van der Waals surface area contributed by atoms with Crippen molar-refractivity contribution in [1.29, 1.82) is 0 Å². The van der Waals surface area contributed by atoms with Crippen molar-refractivity contribution in [1.82, 2.24) is 5.32 Å². The van der Waals surface area contributed by atoms with E-state index >= 15 is 0 Å². The van der Waals surface area contributed by atoms with Crippen molar-refractivity contribution >= 4 is 11.9 Å². The van der Waals surface area contributed by atoms with E-state index < -0.39 is 16.9 Å². The van der Waals surface area contributed by atoms with Gasteiger partial charge in [0.25, 0.3) is 0 Å². The minimum atomic E-state index is -1.21. The average Bonchev–Trinajstić information content (AvgIpc) is 2.54. The fraction of sp³-hybridized carbons (Fsp3) is 0.895. The summed E-state index contributed by atoms with van der Waals surface area (Å²) in [7, 11) is 0. The normalized spacial score (nSPS) is 31.1. The van der Waals surface area contributed by atoms with Gasteiger partial charge in [0.2, 0.25) is 5.91 Å². The first-order chi connectivity index (χ1) is 11.2. The number of rotatable bonds is 7. The van der Waals surface area contributed by atoms with E-state index in [0.29, 0.717) is 31.3 Å². The van der Waals surface area contributed by atoms with Gasteiger partial charge in [0, 0.05) is 24.9 Å². The molecule has 24 heavy (non-hydrogen) atoms. The smallest absolute Gasteiger partial charge is 0.330 e. The molecule has 0 radical (unpaired) electrons. The molecule has 0 aromatic carbocycles. The van der Waals surface area contributed by atoms with Crippen LogP contribution in [0.1, 0.15) is 72.6 Å². The lowest BCUT2D eigenvalue weighted by molar-refractivity contribution is -0.194. The monoisotopic (exact) mass is 339 g/mol. The molecule has 2 aliphatic carbocycles. The summed E-state index contributed by atoms with van der Waals surface area (Å²) in [5, 5.41) is 12.6. The van der Waals surface area contributed by atoms with Crippen LogP contribution in [0.4, 0.5) is 0 Å². The van der Waals surface area contributed by atoms with Gasteiger partial charge in [0.1, 0.15) is 5.54 Å². The molecular weight excluding hydrogens is 306 g/mol. The van der Waals surface area contributed by atoms with E-state index in [1.54, 1.807) is 0 Å². The molecule has 0 aromatic heterocycles. The second kappa shape index (κ2) is 7.42. The summed E-state index contributed by atoms with van der Waals surface area (Å²) in [6.45, 7) is 8.32. The number of carbonyl (C=O) groups excluding carboxylic acids is 1. The van der Waals surface area contributed by atoms with Crippen LogP contribution in [0.3, 0.4) is 0 Å². The molecule has 2 saturated carbocycles. The van der Waals surface area contributed by atoms with E-state index in [0.717, 1.165) is 0 Å². The number of nitrogens with one attached hydrogen (secondary N) is 1. The van der Waals surface area contributed by atoms with Crippen molar-refractivity contribution < 1.29 is 19.4 Å². The highest BCUT2D eigenvalue weighted by Gasteiger charge is 2.66. The first-order valence-corrected chi connectivity index (χ1v) is 9.40. The molecule has 0 bridgehead atoms. The zero-order valence-electron chi connectivity index (χ0n) is 15.6. The van der Waals surface area contributed by atoms with Gasteiger partial charge in [-0.25, -0.2) is 4.79 Å². The van der Waals surface area contributed by atoms with E-state index in [9.17, 15) is 14.7 Å². The second-order valence-corrected chi connectivity index (χ2v) is 8.21. The summed E-state index contributed by atoms with van der Waals surface area (Å²) in [6, 6.07) is 0. The Kier molecular flexibility index (Phi) is 5.95. The van der Waals surface area contributed by atoms with E-state index in [2.05, 4.69) is 12.2 Å². The molecule has 0 aromatic rings. The largest absolute Gasteiger partial charge is 0.479 e. The van der Waals surface area contributed by atoms with Crippen LogP contribution in [0.15, 0.2) is 0 Å². The van der Waals surface area contributed by atoms with Gasteiger partial charge >= 0.3 is 5.97 Å². The summed E-state index contributed by atoms with van der Waals surface area (Å²) in [4.78, 5) is 24.5. The minimum absolute atomic E-state index is 0.130. The van der Waals surface area contributed by atoms with Gasteiger partial charge in [-0.2, -0.15) is 0 Å². The molecule has 3 unspecified atom stereocenters. The molecule has 0 saturated heterocycles. The molecule has 138 valence electrons. The summed E-state index contributed by atoms with van der Waals surface area (Å²) in [5.74, 6) is -0.196. The van der Waals surface area contributed by atoms with Gasteiger partial charge in [-0.1, -0.05) is 52.9 Å². The molecule has 0 spiro atoms. The van der Waals surface area contributed by atoms with Gasteiger partial charge in [-0.3, -0.25) is 4.79 Å². The van der Waals surface area contributed by atoms with Crippen LogP contribution >= 0.6 is 0 Å². The predicted molar refractivity (Wildman–Crippen MR) is 92.7 cm³/mol.